The van der Waals surface area contributed by atoms with E-state index in [-0.39, 0.29) is 12.5 Å². The van der Waals surface area contributed by atoms with E-state index in [9.17, 15) is 9.59 Å². The van der Waals surface area contributed by atoms with Gasteiger partial charge in [0.2, 0.25) is 5.91 Å². The summed E-state index contributed by atoms with van der Waals surface area (Å²) in [6, 6.07) is 0. The Balaban J connectivity index is 3.69. The summed E-state index contributed by atoms with van der Waals surface area (Å²) in [5.41, 5.74) is 0.349. The predicted octanol–water partition coefficient (Wildman–Crippen LogP) is 1.40. The van der Waals surface area contributed by atoms with E-state index in [2.05, 4.69) is 27.8 Å². The lowest BCUT2D eigenvalue weighted by molar-refractivity contribution is -0.139. The molecular weight excluding hydrogens is 262 g/mol. The molecule has 0 rings (SSSR count). The van der Waals surface area contributed by atoms with E-state index in [0.29, 0.717) is 12.1 Å². The van der Waals surface area contributed by atoms with Crippen LogP contribution in [0.15, 0.2) is 12.2 Å². The van der Waals surface area contributed by atoms with Crippen molar-refractivity contribution < 1.29 is 14.3 Å². The summed E-state index contributed by atoms with van der Waals surface area (Å²) in [5, 5.41) is 2.62. The highest BCUT2D eigenvalue weighted by Gasteiger charge is 2.22. The van der Waals surface area contributed by atoms with Crippen LogP contribution in [-0.4, -0.2) is 29.4 Å². The molecular formula is C10H16BrNO3. The van der Waals surface area contributed by atoms with Gasteiger partial charge in [0.15, 0.2) is 0 Å². The van der Waals surface area contributed by atoms with Crippen molar-refractivity contribution in [1.29, 1.82) is 0 Å². The molecule has 0 saturated heterocycles. The van der Waals surface area contributed by atoms with E-state index < -0.39 is 10.3 Å². The second-order valence-corrected chi connectivity index (χ2v) is 5.63. The zero-order valence-electron chi connectivity index (χ0n) is 9.22. The molecule has 0 radical (unpaired) electrons. The SMILES string of the molecule is C=C(C)C(=O)OCCNC(=O)C(C)(C)Br. The van der Waals surface area contributed by atoms with Gasteiger partial charge in [0.05, 0.1) is 10.9 Å². The first-order valence-electron chi connectivity index (χ1n) is 4.55. The summed E-state index contributed by atoms with van der Waals surface area (Å²) in [4.78, 5) is 22.3. The minimum absolute atomic E-state index is 0.145. The van der Waals surface area contributed by atoms with E-state index >= 15 is 0 Å². The molecule has 0 aromatic rings. The number of carbonyl (C=O) groups excluding carboxylic acids is 2. The zero-order valence-corrected chi connectivity index (χ0v) is 10.8. The molecule has 0 atom stereocenters. The Morgan fingerprint density at radius 2 is 2.00 bits per heavy atom. The molecule has 0 fully saturated rings. The number of hydrogen-bond acceptors (Lipinski definition) is 3. The van der Waals surface area contributed by atoms with Gasteiger partial charge in [0.1, 0.15) is 6.61 Å². The lowest BCUT2D eigenvalue weighted by atomic mass is 10.2. The molecule has 0 aromatic heterocycles. The molecule has 86 valence electrons. The van der Waals surface area contributed by atoms with Crippen molar-refractivity contribution >= 4 is 27.8 Å². The smallest absolute Gasteiger partial charge is 0.333 e. The minimum atomic E-state index is -0.606. The van der Waals surface area contributed by atoms with Crippen molar-refractivity contribution in [3.8, 4) is 0 Å². The van der Waals surface area contributed by atoms with Gasteiger partial charge >= 0.3 is 5.97 Å². The molecule has 0 aliphatic carbocycles. The van der Waals surface area contributed by atoms with Crippen molar-refractivity contribution in [1.82, 2.24) is 5.32 Å². The highest BCUT2D eigenvalue weighted by atomic mass is 79.9. The fraction of sp³-hybridized carbons (Fsp3) is 0.600. The third kappa shape index (κ3) is 6.28. The van der Waals surface area contributed by atoms with Crippen LogP contribution in [0.1, 0.15) is 20.8 Å². The van der Waals surface area contributed by atoms with Gasteiger partial charge in [0.25, 0.3) is 0 Å². The van der Waals surface area contributed by atoms with Crippen LogP contribution in [0, 0.1) is 0 Å². The Morgan fingerprint density at radius 3 is 2.40 bits per heavy atom. The van der Waals surface area contributed by atoms with Gasteiger partial charge in [-0.1, -0.05) is 22.5 Å². The van der Waals surface area contributed by atoms with Gasteiger partial charge < -0.3 is 10.1 Å². The van der Waals surface area contributed by atoms with Gasteiger partial charge in [-0.2, -0.15) is 0 Å². The molecule has 1 N–H and O–H groups in total. The van der Waals surface area contributed by atoms with Crippen molar-refractivity contribution in [2.24, 2.45) is 0 Å². The number of esters is 1. The Labute approximate surface area is 98.2 Å². The van der Waals surface area contributed by atoms with Gasteiger partial charge in [0, 0.05) is 5.57 Å². The lowest BCUT2D eigenvalue weighted by Crippen LogP contribution is -2.39. The van der Waals surface area contributed by atoms with E-state index in [1.54, 1.807) is 20.8 Å². The Hall–Kier alpha value is -0.840. The van der Waals surface area contributed by atoms with E-state index in [1.165, 1.54) is 0 Å². The number of amides is 1. The summed E-state index contributed by atoms with van der Waals surface area (Å²) in [6.45, 7) is 8.94. The summed E-state index contributed by atoms with van der Waals surface area (Å²) in [6.07, 6.45) is 0. The molecule has 0 aromatic carbocycles. The van der Waals surface area contributed by atoms with Crippen LogP contribution >= 0.6 is 15.9 Å². The van der Waals surface area contributed by atoms with E-state index in [0.717, 1.165) is 0 Å². The van der Waals surface area contributed by atoms with Crippen LogP contribution in [0.5, 0.6) is 0 Å². The first kappa shape index (κ1) is 14.2. The first-order valence-corrected chi connectivity index (χ1v) is 5.34. The molecule has 15 heavy (non-hydrogen) atoms. The third-order valence-corrected chi connectivity index (χ3v) is 1.87. The highest BCUT2D eigenvalue weighted by molar-refractivity contribution is 9.10. The van der Waals surface area contributed by atoms with Crippen LogP contribution in [0.4, 0.5) is 0 Å². The lowest BCUT2D eigenvalue weighted by Gasteiger charge is -2.15. The van der Waals surface area contributed by atoms with Crippen LogP contribution in [0.2, 0.25) is 0 Å². The van der Waals surface area contributed by atoms with Gasteiger partial charge in [-0.05, 0) is 20.8 Å². The second kappa shape index (κ2) is 5.90. The van der Waals surface area contributed by atoms with Crippen molar-refractivity contribution in [3.05, 3.63) is 12.2 Å². The number of alkyl halides is 1. The Kier molecular flexibility index (Phi) is 5.57. The van der Waals surface area contributed by atoms with Gasteiger partial charge in [-0.15, -0.1) is 0 Å². The fourth-order valence-corrected chi connectivity index (χ4v) is 0.782. The predicted molar refractivity (Wildman–Crippen MR) is 61.8 cm³/mol. The molecule has 0 bridgehead atoms. The molecule has 4 nitrogen and oxygen atoms in total. The summed E-state index contributed by atoms with van der Waals surface area (Å²) in [7, 11) is 0. The summed E-state index contributed by atoms with van der Waals surface area (Å²) >= 11 is 3.21. The Morgan fingerprint density at radius 1 is 1.47 bits per heavy atom. The molecule has 0 saturated carbocycles. The van der Waals surface area contributed by atoms with Gasteiger partial charge in [-0.25, -0.2) is 4.79 Å². The zero-order chi connectivity index (χ0) is 12.1. The maximum absolute atomic E-state index is 11.3. The van der Waals surface area contributed by atoms with Crippen LogP contribution < -0.4 is 5.32 Å². The average molecular weight is 278 g/mol. The quantitative estimate of drug-likeness (QED) is 0.358. The molecule has 0 heterocycles. The molecule has 0 aliphatic rings. The first-order chi connectivity index (χ1) is 6.75. The van der Waals surface area contributed by atoms with Gasteiger partial charge in [-0.3, -0.25) is 4.79 Å². The maximum Gasteiger partial charge on any atom is 0.333 e. The van der Waals surface area contributed by atoms with E-state index in [1.807, 2.05) is 0 Å². The molecule has 5 heteroatoms. The van der Waals surface area contributed by atoms with Crippen molar-refractivity contribution in [3.63, 3.8) is 0 Å². The largest absolute Gasteiger partial charge is 0.460 e. The van der Waals surface area contributed by atoms with Crippen LogP contribution in [-0.2, 0) is 14.3 Å². The van der Waals surface area contributed by atoms with E-state index in [4.69, 9.17) is 4.74 Å². The monoisotopic (exact) mass is 277 g/mol. The molecule has 0 aliphatic heterocycles. The topological polar surface area (TPSA) is 55.4 Å². The number of hydrogen-bond donors (Lipinski definition) is 1. The fourth-order valence-electron chi connectivity index (χ4n) is 0.642. The molecule has 1 amide bonds. The normalized spacial score (nSPS) is 10.7. The highest BCUT2D eigenvalue weighted by Crippen LogP contribution is 2.14. The number of ether oxygens (including phenoxy) is 1. The van der Waals surface area contributed by atoms with Crippen LogP contribution in [0.25, 0.3) is 0 Å². The third-order valence-electron chi connectivity index (χ3n) is 1.51. The summed E-state index contributed by atoms with van der Waals surface area (Å²) in [5.74, 6) is -0.587. The minimum Gasteiger partial charge on any atom is -0.460 e. The number of nitrogens with one attached hydrogen (secondary N) is 1. The van der Waals surface area contributed by atoms with Crippen molar-refractivity contribution in [2.75, 3.05) is 13.2 Å². The standard InChI is InChI=1S/C10H16BrNO3/c1-7(2)8(13)15-6-5-12-9(14)10(3,4)11/h1,5-6H2,2-4H3,(H,12,14). The Bertz CT molecular complexity index is 268. The number of rotatable bonds is 5. The molecule has 0 unspecified atom stereocenters. The maximum atomic E-state index is 11.3. The average Bonchev–Trinajstić information content (AvgIpc) is 2.09. The number of carbonyl (C=O) groups is 2. The van der Waals surface area contributed by atoms with Crippen LogP contribution in [0.3, 0.4) is 0 Å². The number of halogens is 1. The molecule has 0 spiro atoms. The summed E-state index contributed by atoms with van der Waals surface area (Å²) < 4.78 is 4.19. The van der Waals surface area contributed by atoms with Crippen molar-refractivity contribution in [2.45, 2.75) is 25.1 Å². The second-order valence-electron chi connectivity index (χ2n) is 3.64.